The highest BCUT2D eigenvalue weighted by Gasteiger charge is 2.03. The van der Waals surface area contributed by atoms with Crippen molar-refractivity contribution in [2.45, 2.75) is 19.9 Å². The predicted molar refractivity (Wildman–Crippen MR) is 71.5 cm³/mol. The SMILES string of the molecule is Cc1ccc(CN)cc1OCCc1nccn1C. The highest BCUT2D eigenvalue weighted by molar-refractivity contribution is 5.36. The van der Waals surface area contributed by atoms with Crippen LogP contribution in [0.15, 0.2) is 30.6 Å². The molecule has 2 aromatic rings. The van der Waals surface area contributed by atoms with E-state index in [2.05, 4.69) is 4.98 Å². The fourth-order valence-corrected chi connectivity index (χ4v) is 1.82. The molecule has 0 aliphatic heterocycles. The van der Waals surface area contributed by atoms with E-state index in [1.54, 1.807) is 6.20 Å². The van der Waals surface area contributed by atoms with Crippen molar-refractivity contribution in [1.29, 1.82) is 0 Å². The molecule has 1 heterocycles. The van der Waals surface area contributed by atoms with Crippen LogP contribution in [0.2, 0.25) is 0 Å². The largest absolute Gasteiger partial charge is 0.493 e. The third kappa shape index (κ3) is 2.90. The van der Waals surface area contributed by atoms with Crippen molar-refractivity contribution in [1.82, 2.24) is 9.55 Å². The van der Waals surface area contributed by atoms with Crippen LogP contribution in [0.25, 0.3) is 0 Å². The van der Waals surface area contributed by atoms with Gasteiger partial charge in [0.2, 0.25) is 0 Å². The molecule has 0 fully saturated rings. The van der Waals surface area contributed by atoms with E-state index < -0.39 is 0 Å². The van der Waals surface area contributed by atoms with Gasteiger partial charge in [-0.3, -0.25) is 0 Å². The Kier molecular flexibility index (Phi) is 3.99. The molecule has 0 radical (unpaired) electrons. The molecule has 0 unspecified atom stereocenters. The number of aryl methyl sites for hydroxylation is 2. The molecule has 0 spiro atoms. The Morgan fingerprint density at radius 3 is 2.89 bits per heavy atom. The Hall–Kier alpha value is -1.81. The Morgan fingerprint density at radius 2 is 2.22 bits per heavy atom. The Labute approximate surface area is 107 Å². The number of nitrogens with zero attached hydrogens (tertiary/aromatic N) is 2. The third-order valence-corrected chi connectivity index (χ3v) is 2.99. The number of nitrogens with two attached hydrogens (primary N) is 1. The van der Waals surface area contributed by atoms with Gasteiger partial charge in [0.05, 0.1) is 6.61 Å². The number of aromatic nitrogens is 2. The molecule has 4 nitrogen and oxygen atoms in total. The summed E-state index contributed by atoms with van der Waals surface area (Å²) in [6, 6.07) is 6.08. The second-order valence-electron chi connectivity index (χ2n) is 4.36. The van der Waals surface area contributed by atoms with Gasteiger partial charge in [-0.25, -0.2) is 4.98 Å². The van der Waals surface area contributed by atoms with E-state index in [4.69, 9.17) is 10.5 Å². The molecule has 0 aliphatic carbocycles. The van der Waals surface area contributed by atoms with Crippen LogP contribution in [0, 0.1) is 6.92 Å². The molecule has 0 amide bonds. The third-order valence-electron chi connectivity index (χ3n) is 2.99. The normalized spacial score (nSPS) is 10.6. The lowest BCUT2D eigenvalue weighted by molar-refractivity contribution is 0.315. The van der Waals surface area contributed by atoms with Crippen LogP contribution in [-0.2, 0) is 20.0 Å². The molecule has 1 aromatic heterocycles. The van der Waals surface area contributed by atoms with Crippen molar-refractivity contribution in [2.75, 3.05) is 6.61 Å². The highest BCUT2D eigenvalue weighted by Crippen LogP contribution is 2.19. The highest BCUT2D eigenvalue weighted by atomic mass is 16.5. The molecule has 1 aromatic carbocycles. The minimum absolute atomic E-state index is 0.538. The lowest BCUT2D eigenvalue weighted by atomic mass is 10.1. The quantitative estimate of drug-likeness (QED) is 0.874. The number of rotatable bonds is 5. The molecular weight excluding hydrogens is 226 g/mol. The van der Waals surface area contributed by atoms with Gasteiger partial charge in [0, 0.05) is 32.4 Å². The zero-order chi connectivity index (χ0) is 13.0. The number of hydrogen-bond acceptors (Lipinski definition) is 3. The molecule has 0 aliphatic rings. The van der Waals surface area contributed by atoms with Gasteiger partial charge >= 0.3 is 0 Å². The lowest BCUT2D eigenvalue weighted by Crippen LogP contribution is -2.07. The first-order valence-corrected chi connectivity index (χ1v) is 6.09. The van der Waals surface area contributed by atoms with Crippen LogP contribution in [0.3, 0.4) is 0 Å². The van der Waals surface area contributed by atoms with E-state index in [1.807, 2.05) is 42.9 Å². The van der Waals surface area contributed by atoms with E-state index in [1.165, 1.54) is 0 Å². The standard InChI is InChI=1S/C14H19N3O/c1-11-3-4-12(10-15)9-13(11)18-8-5-14-16-6-7-17(14)2/h3-4,6-7,9H,5,8,10,15H2,1-2H3. The fourth-order valence-electron chi connectivity index (χ4n) is 1.82. The number of ether oxygens (including phenoxy) is 1. The molecular formula is C14H19N3O. The van der Waals surface area contributed by atoms with Gasteiger partial charge in [-0.1, -0.05) is 12.1 Å². The zero-order valence-electron chi connectivity index (χ0n) is 10.9. The maximum absolute atomic E-state index is 5.80. The molecule has 4 heteroatoms. The first-order valence-electron chi connectivity index (χ1n) is 6.09. The maximum atomic E-state index is 5.80. The summed E-state index contributed by atoms with van der Waals surface area (Å²) in [5.41, 5.74) is 7.85. The van der Waals surface area contributed by atoms with Crippen LogP contribution in [0.5, 0.6) is 5.75 Å². The minimum atomic E-state index is 0.538. The average Bonchev–Trinajstić information content (AvgIpc) is 2.77. The molecule has 18 heavy (non-hydrogen) atoms. The summed E-state index contributed by atoms with van der Waals surface area (Å²) in [6.07, 6.45) is 4.54. The summed E-state index contributed by atoms with van der Waals surface area (Å²) in [5, 5.41) is 0. The van der Waals surface area contributed by atoms with Crippen LogP contribution in [0.4, 0.5) is 0 Å². The first kappa shape index (κ1) is 12.6. The van der Waals surface area contributed by atoms with Gasteiger partial charge in [-0.05, 0) is 24.1 Å². The smallest absolute Gasteiger partial charge is 0.122 e. The summed E-state index contributed by atoms with van der Waals surface area (Å²) in [4.78, 5) is 4.27. The second-order valence-corrected chi connectivity index (χ2v) is 4.36. The van der Waals surface area contributed by atoms with Crippen molar-refractivity contribution < 1.29 is 4.74 Å². The Bertz CT molecular complexity index is 520. The van der Waals surface area contributed by atoms with Gasteiger partial charge in [0.25, 0.3) is 0 Å². The van der Waals surface area contributed by atoms with Crippen molar-refractivity contribution >= 4 is 0 Å². The monoisotopic (exact) mass is 245 g/mol. The number of imidazole rings is 1. The van der Waals surface area contributed by atoms with Gasteiger partial charge in [-0.2, -0.15) is 0 Å². The minimum Gasteiger partial charge on any atom is -0.493 e. The van der Waals surface area contributed by atoms with Crippen molar-refractivity contribution in [3.8, 4) is 5.75 Å². The van der Waals surface area contributed by atoms with E-state index >= 15 is 0 Å². The van der Waals surface area contributed by atoms with Crippen molar-refractivity contribution in [3.05, 3.63) is 47.5 Å². The molecule has 96 valence electrons. The van der Waals surface area contributed by atoms with Crippen LogP contribution < -0.4 is 10.5 Å². The number of benzene rings is 1. The summed E-state index contributed by atoms with van der Waals surface area (Å²) < 4.78 is 7.81. The number of hydrogen-bond donors (Lipinski definition) is 1. The molecule has 2 N–H and O–H groups in total. The lowest BCUT2D eigenvalue weighted by Gasteiger charge is -2.10. The van der Waals surface area contributed by atoms with Gasteiger partial charge in [0.15, 0.2) is 0 Å². The molecule has 0 bridgehead atoms. The first-order chi connectivity index (χ1) is 8.70. The van der Waals surface area contributed by atoms with E-state index in [9.17, 15) is 0 Å². The van der Waals surface area contributed by atoms with Gasteiger partial charge < -0.3 is 15.0 Å². The average molecular weight is 245 g/mol. The maximum Gasteiger partial charge on any atom is 0.122 e. The summed E-state index contributed by atoms with van der Waals surface area (Å²) in [7, 11) is 1.99. The van der Waals surface area contributed by atoms with Crippen LogP contribution in [-0.4, -0.2) is 16.2 Å². The van der Waals surface area contributed by atoms with Gasteiger partial charge in [0.1, 0.15) is 11.6 Å². The van der Waals surface area contributed by atoms with Crippen molar-refractivity contribution in [3.63, 3.8) is 0 Å². The van der Waals surface area contributed by atoms with Crippen molar-refractivity contribution in [2.24, 2.45) is 12.8 Å². The summed E-state index contributed by atoms with van der Waals surface area (Å²) in [5.74, 6) is 1.94. The fraction of sp³-hybridized carbons (Fsp3) is 0.357. The zero-order valence-corrected chi connectivity index (χ0v) is 10.9. The topological polar surface area (TPSA) is 53.1 Å². The molecule has 2 rings (SSSR count). The van der Waals surface area contributed by atoms with Crippen LogP contribution >= 0.6 is 0 Å². The van der Waals surface area contributed by atoms with E-state index in [0.717, 1.165) is 29.1 Å². The molecule has 0 saturated heterocycles. The molecule has 0 atom stereocenters. The predicted octanol–water partition coefficient (Wildman–Crippen LogP) is 1.81. The second kappa shape index (κ2) is 5.69. The summed E-state index contributed by atoms with van der Waals surface area (Å²) >= 11 is 0. The Balaban J connectivity index is 1.96. The Morgan fingerprint density at radius 1 is 1.39 bits per heavy atom. The van der Waals surface area contributed by atoms with Gasteiger partial charge in [-0.15, -0.1) is 0 Å². The van der Waals surface area contributed by atoms with E-state index in [-0.39, 0.29) is 0 Å². The molecule has 0 saturated carbocycles. The summed E-state index contributed by atoms with van der Waals surface area (Å²) in [6.45, 7) is 3.20. The van der Waals surface area contributed by atoms with E-state index in [0.29, 0.717) is 13.2 Å². The van der Waals surface area contributed by atoms with Crippen LogP contribution in [0.1, 0.15) is 17.0 Å².